The van der Waals surface area contributed by atoms with Gasteiger partial charge in [-0.1, -0.05) is 6.58 Å². The van der Waals surface area contributed by atoms with Gasteiger partial charge in [-0.15, -0.1) is 0 Å². The first-order valence-corrected chi connectivity index (χ1v) is 3.22. The Hall–Kier alpha value is -1.38. The van der Waals surface area contributed by atoms with Gasteiger partial charge in [0.15, 0.2) is 0 Å². The van der Waals surface area contributed by atoms with Crippen molar-refractivity contribution < 1.29 is 4.79 Å². The van der Waals surface area contributed by atoms with Crippen LogP contribution in [0.1, 0.15) is 13.8 Å². The molecule has 0 aromatic rings. The van der Waals surface area contributed by atoms with Gasteiger partial charge in [-0.25, -0.2) is 0 Å². The summed E-state index contributed by atoms with van der Waals surface area (Å²) in [6.45, 7) is 7.23. The fraction of sp³-hybridized carbons (Fsp3) is 0.250. The van der Waals surface area contributed by atoms with Crippen molar-refractivity contribution >= 4 is 12.6 Å². The molecule has 0 radical (unpaired) electrons. The highest BCUT2D eigenvalue weighted by Gasteiger charge is 1.80. The zero-order valence-electron chi connectivity index (χ0n) is 6.79. The number of allylic oxidation sites excluding steroid dienone is 2. The Morgan fingerprint density at radius 2 is 2.18 bits per heavy atom. The van der Waals surface area contributed by atoms with E-state index < -0.39 is 0 Å². The molecule has 0 saturated carbocycles. The Morgan fingerprint density at radius 3 is 2.64 bits per heavy atom. The summed E-state index contributed by atoms with van der Waals surface area (Å²) in [7, 11) is 0. The average Bonchev–Trinajstić information content (AvgIpc) is 1.87. The topological polar surface area (TPSA) is 41.5 Å². The van der Waals surface area contributed by atoms with Crippen LogP contribution in [0.4, 0.5) is 0 Å². The van der Waals surface area contributed by atoms with Crippen molar-refractivity contribution in [1.82, 2.24) is 5.32 Å². The molecule has 0 rings (SSSR count). The van der Waals surface area contributed by atoms with E-state index in [0.717, 1.165) is 5.57 Å². The van der Waals surface area contributed by atoms with E-state index in [-0.39, 0.29) is 0 Å². The van der Waals surface area contributed by atoms with Gasteiger partial charge in [0.1, 0.15) is 0 Å². The average molecular weight is 152 g/mol. The first-order chi connectivity index (χ1) is 5.16. The van der Waals surface area contributed by atoms with Gasteiger partial charge in [-0.2, -0.15) is 0 Å². The highest BCUT2D eigenvalue weighted by molar-refractivity contribution is 5.77. The van der Waals surface area contributed by atoms with Crippen LogP contribution >= 0.6 is 0 Å². The Labute approximate surface area is 66.5 Å². The zero-order chi connectivity index (χ0) is 8.69. The van der Waals surface area contributed by atoms with Crippen LogP contribution in [0.25, 0.3) is 0 Å². The minimum atomic E-state index is 0.613. The summed E-state index contributed by atoms with van der Waals surface area (Å²) in [6, 6.07) is 0. The molecule has 0 aliphatic carbocycles. The summed E-state index contributed by atoms with van der Waals surface area (Å²) in [5.74, 6) is 0. The van der Waals surface area contributed by atoms with E-state index in [2.05, 4.69) is 16.9 Å². The number of aliphatic imine (C=N–C) groups is 1. The second-order valence-electron chi connectivity index (χ2n) is 2.20. The van der Waals surface area contributed by atoms with Crippen molar-refractivity contribution in [2.75, 3.05) is 0 Å². The number of rotatable bonds is 4. The summed E-state index contributed by atoms with van der Waals surface area (Å²) in [4.78, 5) is 13.8. The van der Waals surface area contributed by atoms with E-state index in [1.165, 1.54) is 0 Å². The zero-order valence-corrected chi connectivity index (χ0v) is 6.79. The number of nitrogens with zero attached hydrogens (tertiary/aromatic N) is 1. The fourth-order valence-electron chi connectivity index (χ4n) is 0.407. The number of amides is 1. The van der Waals surface area contributed by atoms with Crippen molar-refractivity contribution in [1.29, 1.82) is 0 Å². The molecule has 0 heterocycles. The lowest BCUT2D eigenvalue weighted by atomic mass is 10.4. The van der Waals surface area contributed by atoms with Crippen LogP contribution in [0.3, 0.4) is 0 Å². The van der Waals surface area contributed by atoms with E-state index in [9.17, 15) is 4.79 Å². The largest absolute Gasteiger partial charge is 0.331 e. The maximum absolute atomic E-state index is 9.89. The third kappa shape index (κ3) is 6.51. The minimum absolute atomic E-state index is 0.613. The van der Waals surface area contributed by atoms with Gasteiger partial charge in [0.25, 0.3) is 0 Å². The molecule has 0 unspecified atom stereocenters. The predicted octanol–water partition coefficient (Wildman–Crippen LogP) is 1.24. The van der Waals surface area contributed by atoms with Gasteiger partial charge in [0, 0.05) is 18.1 Å². The molecule has 0 spiro atoms. The van der Waals surface area contributed by atoms with Crippen molar-refractivity contribution in [2.45, 2.75) is 13.8 Å². The first kappa shape index (κ1) is 9.62. The van der Waals surface area contributed by atoms with Gasteiger partial charge >= 0.3 is 0 Å². The second-order valence-corrected chi connectivity index (χ2v) is 2.20. The molecular weight excluding hydrogens is 140 g/mol. The lowest BCUT2D eigenvalue weighted by Crippen LogP contribution is -2.06. The summed E-state index contributed by atoms with van der Waals surface area (Å²) in [6.07, 6.45) is 3.79. The number of carbonyl (C=O) groups is 1. The van der Waals surface area contributed by atoms with E-state index in [1.54, 1.807) is 19.3 Å². The highest BCUT2D eigenvalue weighted by atomic mass is 16.1. The van der Waals surface area contributed by atoms with Gasteiger partial charge in [0.05, 0.1) is 0 Å². The predicted molar refractivity (Wildman–Crippen MR) is 46.3 cm³/mol. The molecule has 0 aromatic carbocycles. The second kappa shape index (κ2) is 5.41. The third-order valence-corrected chi connectivity index (χ3v) is 0.850. The van der Waals surface area contributed by atoms with Crippen molar-refractivity contribution in [3.63, 3.8) is 0 Å². The number of carbonyl (C=O) groups excluding carboxylic acids is 1. The van der Waals surface area contributed by atoms with Crippen LogP contribution in [-0.4, -0.2) is 12.6 Å². The summed E-state index contributed by atoms with van der Waals surface area (Å²) >= 11 is 0. The van der Waals surface area contributed by atoms with Crippen LogP contribution in [-0.2, 0) is 4.79 Å². The van der Waals surface area contributed by atoms with Crippen LogP contribution in [0, 0.1) is 0 Å². The monoisotopic (exact) mass is 152 g/mol. The Morgan fingerprint density at radius 1 is 1.55 bits per heavy atom. The van der Waals surface area contributed by atoms with E-state index >= 15 is 0 Å². The minimum Gasteiger partial charge on any atom is -0.331 e. The Balaban J connectivity index is 3.90. The molecule has 0 atom stereocenters. The standard InChI is InChI=1S/C8H12N2O/c1-7(2)4-9-5-8(3)10-6-11/h4-6H,1H2,2-3H3,(H,10,11)/b8-5+,9-4?. The van der Waals surface area contributed by atoms with E-state index in [1.807, 2.05) is 6.92 Å². The summed E-state index contributed by atoms with van der Waals surface area (Å²) in [5.41, 5.74) is 1.58. The van der Waals surface area contributed by atoms with Crippen LogP contribution in [0.5, 0.6) is 0 Å². The molecule has 0 fully saturated rings. The van der Waals surface area contributed by atoms with Crippen LogP contribution in [0.15, 0.2) is 29.0 Å². The molecule has 0 aromatic heterocycles. The van der Waals surface area contributed by atoms with Gasteiger partial charge < -0.3 is 5.32 Å². The molecule has 3 nitrogen and oxygen atoms in total. The molecule has 0 bridgehead atoms. The molecule has 60 valence electrons. The molecule has 3 heteroatoms. The lowest BCUT2D eigenvalue weighted by Gasteiger charge is -1.91. The molecule has 1 N–H and O–H groups in total. The van der Waals surface area contributed by atoms with E-state index in [0.29, 0.717) is 12.1 Å². The third-order valence-electron chi connectivity index (χ3n) is 0.850. The number of hydrogen-bond acceptors (Lipinski definition) is 2. The smallest absolute Gasteiger partial charge is 0.211 e. The molecule has 11 heavy (non-hydrogen) atoms. The first-order valence-electron chi connectivity index (χ1n) is 3.22. The maximum atomic E-state index is 9.89. The SMILES string of the molecule is C=C(C)C=N/C=C(\C)NC=O. The van der Waals surface area contributed by atoms with Crippen LogP contribution < -0.4 is 5.32 Å². The maximum Gasteiger partial charge on any atom is 0.211 e. The molecule has 0 aliphatic rings. The molecule has 1 amide bonds. The Bertz CT molecular complexity index is 204. The molecular formula is C8H12N2O. The molecule has 0 aliphatic heterocycles. The number of hydrogen-bond donors (Lipinski definition) is 1. The van der Waals surface area contributed by atoms with Crippen molar-refractivity contribution in [2.24, 2.45) is 4.99 Å². The Kier molecular flexibility index (Phi) is 4.73. The van der Waals surface area contributed by atoms with Gasteiger partial charge in [0.2, 0.25) is 6.41 Å². The van der Waals surface area contributed by atoms with Crippen LogP contribution in [0.2, 0.25) is 0 Å². The molecule has 0 saturated heterocycles. The van der Waals surface area contributed by atoms with Crippen molar-refractivity contribution in [3.05, 3.63) is 24.0 Å². The van der Waals surface area contributed by atoms with Gasteiger partial charge in [-0.3, -0.25) is 9.79 Å². The van der Waals surface area contributed by atoms with Crippen molar-refractivity contribution in [3.8, 4) is 0 Å². The quantitative estimate of drug-likeness (QED) is 0.478. The van der Waals surface area contributed by atoms with Gasteiger partial charge in [-0.05, 0) is 19.4 Å². The summed E-state index contributed by atoms with van der Waals surface area (Å²) in [5, 5.41) is 2.46. The summed E-state index contributed by atoms with van der Waals surface area (Å²) < 4.78 is 0. The normalized spacial score (nSPS) is 11.6. The fourth-order valence-corrected chi connectivity index (χ4v) is 0.407. The lowest BCUT2D eigenvalue weighted by molar-refractivity contribution is -0.108. The highest BCUT2D eigenvalue weighted by Crippen LogP contribution is 1.86. The number of nitrogens with one attached hydrogen (secondary N) is 1. The van der Waals surface area contributed by atoms with E-state index in [4.69, 9.17) is 0 Å².